The molecule has 0 aliphatic carbocycles. The van der Waals surface area contributed by atoms with E-state index in [0.717, 1.165) is 5.56 Å². The number of amides is 1. The molecule has 0 saturated heterocycles. The van der Waals surface area contributed by atoms with Gasteiger partial charge in [0.25, 0.3) is 0 Å². The molecule has 4 N–H and O–H groups in total. The normalized spacial score (nSPS) is 12.8. The molecule has 1 unspecified atom stereocenters. The van der Waals surface area contributed by atoms with Crippen LogP contribution in [-0.2, 0) is 16.0 Å². The van der Waals surface area contributed by atoms with Crippen LogP contribution in [-0.4, -0.2) is 28.6 Å². The molecule has 19 heavy (non-hydrogen) atoms. The molecule has 1 aromatic carbocycles. The zero-order valence-corrected chi connectivity index (χ0v) is 11.2. The van der Waals surface area contributed by atoms with Gasteiger partial charge in [-0.15, -0.1) is 0 Å². The topological polar surface area (TPSA) is 92.4 Å². The first-order valence-corrected chi connectivity index (χ1v) is 6.17. The summed E-state index contributed by atoms with van der Waals surface area (Å²) in [5, 5.41) is 11.6. The molecule has 0 spiro atoms. The molecule has 104 valence electrons. The van der Waals surface area contributed by atoms with Crippen LogP contribution >= 0.6 is 0 Å². The summed E-state index contributed by atoms with van der Waals surface area (Å²) in [6.07, 6.45) is 0.921. The summed E-state index contributed by atoms with van der Waals surface area (Å²) in [6, 6.07) is 8.62. The lowest BCUT2D eigenvalue weighted by molar-refractivity contribution is -0.142. The molecule has 1 amide bonds. The van der Waals surface area contributed by atoms with Crippen LogP contribution in [0.5, 0.6) is 0 Å². The van der Waals surface area contributed by atoms with Gasteiger partial charge in [0.15, 0.2) is 0 Å². The second-order valence-electron chi connectivity index (χ2n) is 5.11. The first kappa shape index (κ1) is 15.2. The maximum absolute atomic E-state index is 11.7. The number of carbonyl (C=O) groups is 2. The number of carboxylic acid groups (broad SMARTS) is 1. The van der Waals surface area contributed by atoms with E-state index in [-0.39, 0.29) is 0 Å². The zero-order valence-electron chi connectivity index (χ0n) is 11.2. The van der Waals surface area contributed by atoms with E-state index >= 15 is 0 Å². The SMILES string of the molecule is CC(C)(N)C(=O)NC(CCc1ccccc1)C(=O)O. The summed E-state index contributed by atoms with van der Waals surface area (Å²) in [4.78, 5) is 22.8. The fourth-order valence-electron chi connectivity index (χ4n) is 1.56. The van der Waals surface area contributed by atoms with E-state index in [2.05, 4.69) is 5.32 Å². The second kappa shape index (κ2) is 6.33. The van der Waals surface area contributed by atoms with E-state index in [1.165, 1.54) is 0 Å². The van der Waals surface area contributed by atoms with Crippen LogP contribution in [0.25, 0.3) is 0 Å². The minimum Gasteiger partial charge on any atom is -0.480 e. The van der Waals surface area contributed by atoms with Gasteiger partial charge in [-0.2, -0.15) is 0 Å². The number of aliphatic carboxylic acids is 1. The molecular weight excluding hydrogens is 244 g/mol. The molecule has 5 nitrogen and oxygen atoms in total. The molecule has 0 bridgehead atoms. The molecule has 0 heterocycles. The highest BCUT2D eigenvalue weighted by molar-refractivity contribution is 5.89. The van der Waals surface area contributed by atoms with Gasteiger partial charge >= 0.3 is 5.97 Å². The van der Waals surface area contributed by atoms with E-state index in [1.807, 2.05) is 30.3 Å². The van der Waals surface area contributed by atoms with E-state index in [1.54, 1.807) is 13.8 Å². The highest BCUT2D eigenvalue weighted by Crippen LogP contribution is 2.06. The van der Waals surface area contributed by atoms with Crippen molar-refractivity contribution < 1.29 is 14.7 Å². The number of carboxylic acids is 1. The van der Waals surface area contributed by atoms with Crippen LogP contribution < -0.4 is 11.1 Å². The van der Waals surface area contributed by atoms with E-state index in [9.17, 15) is 9.59 Å². The molecule has 0 aromatic heterocycles. The van der Waals surface area contributed by atoms with Gasteiger partial charge in [0.2, 0.25) is 5.91 Å². The molecule has 0 aliphatic rings. The molecule has 0 saturated carbocycles. The highest BCUT2D eigenvalue weighted by Gasteiger charge is 2.27. The summed E-state index contributed by atoms with van der Waals surface area (Å²) in [7, 11) is 0. The van der Waals surface area contributed by atoms with Crippen LogP contribution in [0.15, 0.2) is 30.3 Å². The number of benzene rings is 1. The average molecular weight is 264 g/mol. The number of hydrogen-bond donors (Lipinski definition) is 3. The third-order valence-electron chi connectivity index (χ3n) is 2.75. The van der Waals surface area contributed by atoms with Crippen molar-refractivity contribution >= 4 is 11.9 Å². The average Bonchev–Trinajstić information content (AvgIpc) is 2.33. The molecule has 5 heteroatoms. The monoisotopic (exact) mass is 264 g/mol. The minimum atomic E-state index is -1.08. The van der Waals surface area contributed by atoms with Crippen molar-refractivity contribution in [2.24, 2.45) is 5.73 Å². The van der Waals surface area contributed by atoms with E-state index < -0.39 is 23.5 Å². The molecule has 0 fully saturated rings. The maximum atomic E-state index is 11.7. The van der Waals surface area contributed by atoms with Crippen LogP contribution in [0.1, 0.15) is 25.8 Å². The van der Waals surface area contributed by atoms with E-state index in [4.69, 9.17) is 10.8 Å². The van der Waals surface area contributed by atoms with Crippen LogP contribution in [0.4, 0.5) is 0 Å². The highest BCUT2D eigenvalue weighted by atomic mass is 16.4. The minimum absolute atomic E-state index is 0.334. The molecule has 0 radical (unpaired) electrons. The van der Waals surface area contributed by atoms with Crippen molar-refractivity contribution in [1.29, 1.82) is 0 Å². The summed E-state index contributed by atoms with van der Waals surface area (Å²) in [5.74, 6) is -1.51. The lowest BCUT2D eigenvalue weighted by atomic mass is 10.0. The number of rotatable bonds is 6. The summed E-state index contributed by atoms with van der Waals surface area (Å²) in [5.41, 5.74) is 5.58. The van der Waals surface area contributed by atoms with Gasteiger partial charge in [-0.3, -0.25) is 4.79 Å². The zero-order chi connectivity index (χ0) is 14.5. The number of nitrogens with one attached hydrogen (secondary N) is 1. The molecule has 1 atom stereocenters. The number of nitrogens with two attached hydrogens (primary N) is 1. The van der Waals surface area contributed by atoms with Gasteiger partial charge in [-0.25, -0.2) is 4.79 Å². The van der Waals surface area contributed by atoms with Crippen molar-refractivity contribution in [3.05, 3.63) is 35.9 Å². The molecular formula is C14H20N2O3. The fraction of sp³-hybridized carbons (Fsp3) is 0.429. The predicted octanol–water partition coefficient (Wildman–Crippen LogP) is 0.926. The molecule has 1 aromatic rings. The first-order chi connectivity index (χ1) is 8.80. The third-order valence-corrected chi connectivity index (χ3v) is 2.75. The second-order valence-corrected chi connectivity index (χ2v) is 5.11. The Morgan fingerprint density at radius 1 is 1.32 bits per heavy atom. The Kier molecular flexibility index (Phi) is 5.06. The Hall–Kier alpha value is -1.88. The van der Waals surface area contributed by atoms with Gasteiger partial charge in [0.1, 0.15) is 6.04 Å². The summed E-state index contributed by atoms with van der Waals surface area (Å²) < 4.78 is 0. The third kappa shape index (κ3) is 5.09. The first-order valence-electron chi connectivity index (χ1n) is 6.17. The Morgan fingerprint density at radius 2 is 1.89 bits per heavy atom. The summed E-state index contributed by atoms with van der Waals surface area (Å²) in [6.45, 7) is 3.08. The van der Waals surface area contributed by atoms with Gasteiger partial charge in [-0.1, -0.05) is 30.3 Å². The van der Waals surface area contributed by atoms with Gasteiger partial charge in [0.05, 0.1) is 5.54 Å². The van der Waals surface area contributed by atoms with Crippen molar-refractivity contribution in [3.63, 3.8) is 0 Å². The largest absolute Gasteiger partial charge is 0.480 e. The smallest absolute Gasteiger partial charge is 0.326 e. The van der Waals surface area contributed by atoms with Crippen LogP contribution in [0.3, 0.4) is 0 Å². The Balaban J connectivity index is 2.59. The van der Waals surface area contributed by atoms with Crippen molar-refractivity contribution in [1.82, 2.24) is 5.32 Å². The fourth-order valence-corrected chi connectivity index (χ4v) is 1.56. The maximum Gasteiger partial charge on any atom is 0.326 e. The molecule has 1 rings (SSSR count). The predicted molar refractivity (Wildman–Crippen MR) is 72.6 cm³/mol. The Morgan fingerprint density at radius 3 is 2.37 bits per heavy atom. The number of carbonyl (C=O) groups excluding carboxylic acids is 1. The van der Waals surface area contributed by atoms with Gasteiger partial charge < -0.3 is 16.2 Å². The standard InChI is InChI=1S/C14H20N2O3/c1-14(2,15)13(19)16-11(12(17)18)9-8-10-6-4-3-5-7-10/h3-7,11H,8-9,15H2,1-2H3,(H,16,19)(H,17,18). The van der Waals surface area contributed by atoms with Crippen LogP contribution in [0.2, 0.25) is 0 Å². The van der Waals surface area contributed by atoms with Crippen molar-refractivity contribution in [2.45, 2.75) is 38.3 Å². The van der Waals surface area contributed by atoms with Gasteiger partial charge in [0, 0.05) is 0 Å². The van der Waals surface area contributed by atoms with E-state index in [0.29, 0.717) is 12.8 Å². The lowest BCUT2D eigenvalue weighted by Gasteiger charge is -2.21. The Labute approximate surface area is 112 Å². The van der Waals surface area contributed by atoms with Gasteiger partial charge in [-0.05, 0) is 32.3 Å². The quantitative estimate of drug-likeness (QED) is 0.712. The summed E-state index contributed by atoms with van der Waals surface area (Å²) >= 11 is 0. The van der Waals surface area contributed by atoms with Crippen LogP contribution in [0, 0.1) is 0 Å². The Bertz CT molecular complexity index is 438. The van der Waals surface area contributed by atoms with Crippen molar-refractivity contribution in [2.75, 3.05) is 0 Å². The number of aryl methyl sites for hydroxylation is 1. The lowest BCUT2D eigenvalue weighted by Crippen LogP contribution is -2.54. The number of hydrogen-bond acceptors (Lipinski definition) is 3. The van der Waals surface area contributed by atoms with Crippen molar-refractivity contribution in [3.8, 4) is 0 Å². The molecule has 0 aliphatic heterocycles.